The van der Waals surface area contributed by atoms with Gasteiger partial charge in [0.05, 0.1) is 45.8 Å². The van der Waals surface area contributed by atoms with E-state index in [0.717, 1.165) is 6.07 Å². The Kier molecular flexibility index (Phi) is 8.08. The summed E-state index contributed by atoms with van der Waals surface area (Å²) in [5.41, 5.74) is 1.90. The van der Waals surface area contributed by atoms with Crippen molar-refractivity contribution in [3.63, 3.8) is 0 Å². The average Bonchev–Trinajstić information content (AvgIpc) is 3.46. The first-order valence-corrected chi connectivity index (χ1v) is 12.7. The van der Waals surface area contributed by atoms with Gasteiger partial charge < -0.3 is 20.1 Å². The van der Waals surface area contributed by atoms with Gasteiger partial charge in [0.1, 0.15) is 5.75 Å². The van der Waals surface area contributed by atoms with Gasteiger partial charge in [0.15, 0.2) is 0 Å². The highest BCUT2D eigenvalue weighted by molar-refractivity contribution is 6.32. The van der Waals surface area contributed by atoms with Crippen LogP contribution in [0.1, 0.15) is 58.0 Å². The molecule has 0 aliphatic carbocycles. The zero-order valence-electron chi connectivity index (χ0n) is 22.1. The number of hydrogen-bond acceptors (Lipinski definition) is 7. The van der Waals surface area contributed by atoms with Gasteiger partial charge in [-0.3, -0.25) is 9.89 Å². The normalized spacial score (nSPS) is 19.5. The van der Waals surface area contributed by atoms with Crippen molar-refractivity contribution >= 4 is 23.5 Å². The number of H-pyrrole nitrogens is 1. The molecule has 0 unspecified atom stereocenters. The van der Waals surface area contributed by atoms with Crippen LogP contribution in [0.4, 0.5) is 19.1 Å². The number of carbonyl (C=O) groups excluding carboxylic acids is 1. The summed E-state index contributed by atoms with van der Waals surface area (Å²) in [6.45, 7) is 10.3. The van der Waals surface area contributed by atoms with Crippen molar-refractivity contribution in [3.05, 3.63) is 52.9 Å². The fourth-order valence-corrected chi connectivity index (χ4v) is 4.76. The van der Waals surface area contributed by atoms with Crippen molar-refractivity contribution in [2.45, 2.75) is 64.6 Å². The topological polar surface area (TPSA) is 114 Å². The van der Waals surface area contributed by atoms with E-state index < -0.39 is 18.0 Å². The Labute approximate surface area is 228 Å². The van der Waals surface area contributed by atoms with E-state index in [2.05, 4.69) is 35.5 Å². The summed E-state index contributed by atoms with van der Waals surface area (Å²) in [6, 6.07) is 7.07. The highest BCUT2D eigenvalue weighted by Gasteiger charge is 2.41. The Morgan fingerprint density at radius 1 is 1.15 bits per heavy atom. The number of hydrogen-bond donors (Lipinski definition) is 3. The Balaban J connectivity index is 1.47. The molecular formula is C26H30ClF3N6O3. The number of aromatic nitrogens is 4. The molecule has 1 amide bonds. The van der Waals surface area contributed by atoms with Gasteiger partial charge >= 0.3 is 6.36 Å². The lowest BCUT2D eigenvalue weighted by Crippen LogP contribution is -2.34. The molecule has 3 heterocycles. The van der Waals surface area contributed by atoms with Crippen molar-refractivity contribution in [1.29, 1.82) is 0 Å². The largest absolute Gasteiger partial charge is 0.573 e. The number of benzene rings is 1. The number of nitrogens with zero attached hydrogens (tertiary/aromatic N) is 3. The second-order valence-corrected chi connectivity index (χ2v) is 10.8. The first kappa shape index (κ1) is 28.6. The quantitative estimate of drug-likeness (QED) is 0.324. The Hall–Kier alpha value is -3.38. The third-order valence-electron chi connectivity index (χ3n) is 6.22. The Morgan fingerprint density at radius 3 is 2.56 bits per heavy atom. The van der Waals surface area contributed by atoms with Gasteiger partial charge in [-0.05, 0) is 65.0 Å². The van der Waals surface area contributed by atoms with E-state index in [1.54, 1.807) is 18.3 Å². The van der Waals surface area contributed by atoms with Gasteiger partial charge in [0.2, 0.25) is 11.9 Å². The molecule has 13 heteroatoms. The fourth-order valence-electron chi connectivity index (χ4n) is 4.54. The highest BCUT2D eigenvalue weighted by Crippen LogP contribution is 2.35. The maximum absolute atomic E-state index is 12.7. The average molecular weight is 567 g/mol. The summed E-state index contributed by atoms with van der Waals surface area (Å²) >= 11 is 5.97. The second-order valence-electron chi connectivity index (χ2n) is 10.4. The number of alkyl halides is 3. The van der Waals surface area contributed by atoms with E-state index in [-0.39, 0.29) is 34.6 Å². The molecule has 210 valence electrons. The molecule has 1 aliphatic heterocycles. The second kappa shape index (κ2) is 11.0. The van der Waals surface area contributed by atoms with Crippen LogP contribution in [0.5, 0.6) is 5.75 Å². The molecule has 0 saturated carbocycles. The minimum Gasteiger partial charge on any atom is -0.404 e. The van der Waals surface area contributed by atoms with Gasteiger partial charge in [0, 0.05) is 24.2 Å². The molecule has 1 aliphatic rings. The standard InChI is InChI=1S/C26H30ClF3N6O3/c1-13(19-11-20(36-35-19)15-6-7-21(17(27)10-15)39-26(28,29)30)33-24-31-9-8-18(34-24)22-16(12-32-23(22)37)14(2)38-25(3,4)5/h6-11,13-14,16,22H,12H2,1-5H3,(H,32,37)(H,35,36)(H,31,33,34)/t13-,14-,16-,22-/m1/s1. The van der Waals surface area contributed by atoms with E-state index in [9.17, 15) is 18.0 Å². The van der Waals surface area contributed by atoms with Crippen molar-refractivity contribution in [3.8, 4) is 17.0 Å². The zero-order valence-corrected chi connectivity index (χ0v) is 22.8. The minimum absolute atomic E-state index is 0.0909. The lowest BCUT2D eigenvalue weighted by molar-refractivity contribution is -0.274. The molecule has 4 rings (SSSR count). The molecule has 3 aromatic rings. The Bertz CT molecular complexity index is 1330. The number of amides is 1. The predicted octanol–water partition coefficient (Wildman–Crippen LogP) is 5.63. The van der Waals surface area contributed by atoms with Crippen molar-refractivity contribution in [2.75, 3.05) is 11.9 Å². The number of anilines is 1. The number of rotatable bonds is 8. The maximum Gasteiger partial charge on any atom is 0.573 e. The smallest absolute Gasteiger partial charge is 0.404 e. The van der Waals surface area contributed by atoms with Crippen LogP contribution in [0.3, 0.4) is 0 Å². The molecular weight excluding hydrogens is 537 g/mol. The maximum atomic E-state index is 12.7. The molecule has 1 saturated heterocycles. The summed E-state index contributed by atoms with van der Waals surface area (Å²) in [6.07, 6.45) is -3.42. The number of halogens is 4. The monoisotopic (exact) mass is 566 g/mol. The van der Waals surface area contributed by atoms with E-state index >= 15 is 0 Å². The van der Waals surface area contributed by atoms with Gasteiger partial charge in [-0.2, -0.15) is 5.10 Å². The van der Waals surface area contributed by atoms with Crippen LogP contribution in [0, 0.1) is 5.92 Å². The molecule has 0 radical (unpaired) electrons. The van der Waals surface area contributed by atoms with Crippen LogP contribution in [-0.4, -0.2) is 50.7 Å². The van der Waals surface area contributed by atoms with Gasteiger partial charge in [-0.25, -0.2) is 9.97 Å². The number of carbonyl (C=O) groups is 1. The van der Waals surface area contributed by atoms with Gasteiger partial charge in [-0.15, -0.1) is 13.2 Å². The molecule has 4 atom stereocenters. The molecule has 9 nitrogen and oxygen atoms in total. The van der Waals surface area contributed by atoms with Gasteiger partial charge in [-0.1, -0.05) is 11.6 Å². The molecule has 0 bridgehead atoms. The van der Waals surface area contributed by atoms with Crippen LogP contribution in [0.25, 0.3) is 11.3 Å². The summed E-state index contributed by atoms with van der Waals surface area (Å²) in [7, 11) is 0. The zero-order chi connectivity index (χ0) is 28.5. The van der Waals surface area contributed by atoms with Crippen molar-refractivity contribution in [1.82, 2.24) is 25.5 Å². The van der Waals surface area contributed by atoms with E-state index in [1.807, 2.05) is 34.6 Å². The number of ether oxygens (including phenoxy) is 2. The number of aromatic amines is 1. The van der Waals surface area contributed by atoms with E-state index in [0.29, 0.717) is 35.1 Å². The van der Waals surface area contributed by atoms with E-state index in [4.69, 9.17) is 16.3 Å². The third kappa shape index (κ3) is 7.18. The molecule has 1 fully saturated rings. The Morgan fingerprint density at radius 2 is 1.90 bits per heavy atom. The van der Waals surface area contributed by atoms with Crippen molar-refractivity contribution in [2.24, 2.45) is 5.92 Å². The first-order chi connectivity index (χ1) is 18.2. The lowest BCUT2D eigenvalue weighted by Gasteiger charge is -2.30. The van der Waals surface area contributed by atoms with Gasteiger partial charge in [0.25, 0.3) is 0 Å². The summed E-state index contributed by atoms with van der Waals surface area (Å²) in [5.74, 6) is -0.838. The van der Waals surface area contributed by atoms with E-state index in [1.165, 1.54) is 12.1 Å². The molecule has 39 heavy (non-hydrogen) atoms. The minimum atomic E-state index is -4.84. The van der Waals surface area contributed by atoms with Crippen LogP contribution in [-0.2, 0) is 9.53 Å². The lowest BCUT2D eigenvalue weighted by atomic mass is 9.88. The molecule has 3 N–H and O–H groups in total. The summed E-state index contributed by atoms with van der Waals surface area (Å²) in [5, 5.41) is 13.1. The van der Waals surface area contributed by atoms with Crippen molar-refractivity contribution < 1.29 is 27.4 Å². The number of nitrogens with one attached hydrogen (secondary N) is 3. The third-order valence-corrected chi connectivity index (χ3v) is 6.52. The van der Waals surface area contributed by atoms with Crippen LogP contribution >= 0.6 is 11.6 Å². The van der Waals surface area contributed by atoms with Crippen LogP contribution in [0.15, 0.2) is 36.5 Å². The molecule has 2 aromatic heterocycles. The van der Waals surface area contributed by atoms with Crippen LogP contribution in [0.2, 0.25) is 5.02 Å². The summed E-state index contributed by atoms with van der Waals surface area (Å²) < 4.78 is 47.6. The predicted molar refractivity (Wildman–Crippen MR) is 139 cm³/mol. The van der Waals surface area contributed by atoms with Crippen LogP contribution < -0.4 is 15.4 Å². The fraction of sp³-hybridized carbons (Fsp3) is 0.462. The first-order valence-electron chi connectivity index (χ1n) is 12.4. The highest BCUT2D eigenvalue weighted by atomic mass is 35.5. The molecule has 1 aromatic carbocycles. The SMILES string of the molecule is C[C@@H](Nc1nccc([C@@H]2C(=O)NC[C@@H]2[C@@H](C)OC(C)(C)C)n1)c1cc(-c2ccc(OC(F)(F)F)c(Cl)c2)n[nH]1. The molecule has 0 spiro atoms. The summed E-state index contributed by atoms with van der Waals surface area (Å²) in [4.78, 5) is 21.6.